The lowest BCUT2D eigenvalue weighted by Gasteiger charge is -2.09. The van der Waals surface area contributed by atoms with Gasteiger partial charge >= 0.3 is 6.09 Å². The number of rotatable bonds is 3. The van der Waals surface area contributed by atoms with E-state index < -0.39 is 29.7 Å². The highest BCUT2D eigenvalue weighted by atomic mass is 16.5. The van der Waals surface area contributed by atoms with E-state index in [4.69, 9.17) is 0 Å². The fraction of sp³-hybridized carbons (Fsp3) is 0.231. The van der Waals surface area contributed by atoms with Crippen molar-refractivity contribution in [2.24, 2.45) is 0 Å². The van der Waals surface area contributed by atoms with Crippen LogP contribution in [0.1, 0.15) is 6.92 Å². The Morgan fingerprint density at radius 1 is 1.18 bits per heavy atom. The lowest BCUT2D eigenvalue weighted by atomic mass is 10.2. The summed E-state index contributed by atoms with van der Waals surface area (Å²) in [7, 11) is 0. The van der Waals surface area contributed by atoms with Crippen LogP contribution < -0.4 is 22.0 Å². The van der Waals surface area contributed by atoms with Crippen LogP contribution in [-0.2, 0) is 16.1 Å². The van der Waals surface area contributed by atoms with Crippen LogP contribution in [0.4, 0.5) is 4.79 Å². The topological polar surface area (TPSA) is 122 Å². The molecule has 0 fully saturated rings. The second kappa shape index (κ2) is 6.57. The molecule has 0 unspecified atom stereocenters. The predicted octanol–water partition coefficient (Wildman–Crippen LogP) is -0.533. The predicted molar refractivity (Wildman–Crippen MR) is 77.1 cm³/mol. The van der Waals surface area contributed by atoms with E-state index in [9.17, 15) is 19.2 Å². The molecular formula is C13H14N4O5. The first-order chi connectivity index (χ1) is 10.5. The molecule has 0 aliphatic heterocycles. The summed E-state index contributed by atoms with van der Waals surface area (Å²) >= 11 is 0. The van der Waals surface area contributed by atoms with Crippen LogP contribution in [0.25, 0.3) is 10.8 Å². The minimum atomic E-state index is -0.824. The number of hydrogen-bond donors (Lipinski definition) is 3. The van der Waals surface area contributed by atoms with Gasteiger partial charge in [0.2, 0.25) is 0 Å². The van der Waals surface area contributed by atoms with Crippen LogP contribution in [0, 0.1) is 0 Å². The number of aromatic nitrogens is 2. The van der Waals surface area contributed by atoms with Crippen LogP contribution in [0.5, 0.6) is 0 Å². The average Bonchev–Trinajstić information content (AvgIpc) is 2.51. The van der Waals surface area contributed by atoms with Crippen molar-refractivity contribution >= 4 is 22.8 Å². The van der Waals surface area contributed by atoms with Gasteiger partial charge in [-0.3, -0.25) is 24.9 Å². The number of amides is 2. The Bertz CT molecular complexity index is 823. The maximum atomic E-state index is 12.2. The van der Waals surface area contributed by atoms with E-state index in [2.05, 4.69) is 15.3 Å². The highest BCUT2D eigenvalue weighted by Gasteiger charge is 2.10. The zero-order chi connectivity index (χ0) is 16.1. The third-order valence-electron chi connectivity index (χ3n) is 2.76. The van der Waals surface area contributed by atoms with Gasteiger partial charge in [0.1, 0.15) is 6.54 Å². The van der Waals surface area contributed by atoms with Crippen LogP contribution >= 0.6 is 0 Å². The molecule has 0 bridgehead atoms. The second-order valence-electron chi connectivity index (χ2n) is 4.27. The summed E-state index contributed by atoms with van der Waals surface area (Å²) in [6.45, 7) is 1.31. The number of H-pyrrole nitrogens is 1. The Hall–Kier alpha value is -3.10. The second-order valence-corrected chi connectivity index (χ2v) is 4.27. The first-order valence-corrected chi connectivity index (χ1v) is 6.46. The molecule has 9 heteroatoms. The number of benzene rings is 1. The summed E-state index contributed by atoms with van der Waals surface area (Å²) in [4.78, 5) is 46.7. The number of fused-ring (bicyclic) bond motifs is 1. The maximum Gasteiger partial charge on any atom is 0.426 e. The van der Waals surface area contributed by atoms with E-state index in [1.807, 2.05) is 5.43 Å². The quantitative estimate of drug-likeness (QED) is 0.658. The monoisotopic (exact) mass is 306 g/mol. The summed E-state index contributed by atoms with van der Waals surface area (Å²) in [5, 5.41) is 2.76. The standard InChI is InChI=1S/C13H14N4O5/c1-2-22-13(21)15-14-10(18)7-17-12(20)9-6-4-3-5-8(9)11(19)16-17/h3-6H,2,7H2,1H3,(H,14,18)(H,15,21)(H,16,19). The van der Waals surface area contributed by atoms with E-state index in [-0.39, 0.29) is 17.4 Å². The zero-order valence-corrected chi connectivity index (χ0v) is 11.7. The van der Waals surface area contributed by atoms with Crippen LogP contribution in [0.2, 0.25) is 0 Å². The number of hydrazine groups is 1. The fourth-order valence-corrected chi connectivity index (χ4v) is 1.83. The molecule has 2 rings (SSSR count). The van der Waals surface area contributed by atoms with E-state index in [0.29, 0.717) is 0 Å². The molecule has 0 aliphatic carbocycles. The Labute approximate surface area is 123 Å². The molecule has 0 spiro atoms. The highest BCUT2D eigenvalue weighted by Crippen LogP contribution is 2.02. The summed E-state index contributed by atoms with van der Waals surface area (Å²) in [5.41, 5.74) is 3.07. The summed E-state index contributed by atoms with van der Waals surface area (Å²) in [6, 6.07) is 6.27. The molecular weight excluding hydrogens is 292 g/mol. The van der Waals surface area contributed by atoms with Gasteiger partial charge in [-0.25, -0.2) is 14.9 Å². The fourth-order valence-electron chi connectivity index (χ4n) is 1.83. The molecule has 22 heavy (non-hydrogen) atoms. The van der Waals surface area contributed by atoms with Crippen molar-refractivity contribution in [3.05, 3.63) is 45.0 Å². The Balaban J connectivity index is 2.17. The number of ether oxygens (including phenoxy) is 1. The smallest absolute Gasteiger partial charge is 0.426 e. The first kappa shape index (κ1) is 15.3. The third-order valence-corrected chi connectivity index (χ3v) is 2.76. The zero-order valence-electron chi connectivity index (χ0n) is 11.7. The van der Waals surface area contributed by atoms with Crippen molar-refractivity contribution in [1.82, 2.24) is 20.6 Å². The SMILES string of the molecule is CCOC(=O)NNC(=O)Cn1[nH]c(=O)c2ccccc2c1=O. The van der Waals surface area contributed by atoms with Gasteiger partial charge < -0.3 is 4.74 Å². The number of carbonyl (C=O) groups is 2. The van der Waals surface area contributed by atoms with Gasteiger partial charge in [-0.2, -0.15) is 0 Å². The summed E-state index contributed by atoms with van der Waals surface area (Å²) < 4.78 is 5.42. The van der Waals surface area contributed by atoms with Crippen LogP contribution in [0.3, 0.4) is 0 Å². The van der Waals surface area contributed by atoms with E-state index in [1.54, 1.807) is 19.1 Å². The normalized spacial score (nSPS) is 10.2. The molecule has 1 aromatic heterocycles. The molecule has 0 atom stereocenters. The molecule has 2 amide bonds. The lowest BCUT2D eigenvalue weighted by Crippen LogP contribution is -2.45. The van der Waals surface area contributed by atoms with Crippen molar-refractivity contribution in [2.75, 3.05) is 6.61 Å². The van der Waals surface area contributed by atoms with Gasteiger partial charge in [0.15, 0.2) is 0 Å². The van der Waals surface area contributed by atoms with Gasteiger partial charge in [0.05, 0.1) is 17.4 Å². The summed E-state index contributed by atoms with van der Waals surface area (Å²) in [5.74, 6) is -0.693. The van der Waals surface area contributed by atoms with Crippen molar-refractivity contribution in [2.45, 2.75) is 13.5 Å². The molecule has 116 valence electrons. The molecule has 9 nitrogen and oxygen atoms in total. The maximum absolute atomic E-state index is 12.2. The van der Waals surface area contributed by atoms with Gasteiger partial charge in [-0.05, 0) is 19.1 Å². The van der Waals surface area contributed by atoms with Crippen molar-refractivity contribution in [1.29, 1.82) is 0 Å². The van der Waals surface area contributed by atoms with Crippen molar-refractivity contribution < 1.29 is 14.3 Å². The average molecular weight is 306 g/mol. The first-order valence-electron chi connectivity index (χ1n) is 6.46. The minimum absolute atomic E-state index is 0.152. The highest BCUT2D eigenvalue weighted by molar-refractivity contribution is 5.81. The molecule has 0 saturated heterocycles. The number of nitrogens with one attached hydrogen (secondary N) is 3. The Morgan fingerprint density at radius 3 is 2.55 bits per heavy atom. The van der Waals surface area contributed by atoms with Crippen molar-refractivity contribution in [3.8, 4) is 0 Å². The van der Waals surface area contributed by atoms with Gasteiger partial charge in [0, 0.05) is 0 Å². The Morgan fingerprint density at radius 2 is 1.86 bits per heavy atom. The van der Waals surface area contributed by atoms with Gasteiger partial charge in [-0.1, -0.05) is 12.1 Å². The molecule has 1 heterocycles. The molecule has 0 radical (unpaired) electrons. The molecule has 3 N–H and O–H groups in total. The van der Waals surface area contributed by atoms with E-state index in [1.165, 1.54) is 12.1 Å². The van der Waals surface area contributed by atoms with Crippen molar-refractivity contribution in [3.63, 3.8) is 0 Å². The minimum Gasteiger partial charge on any atom is -0.449 e. The number of hydrogen-bond acceptors (Lipinski definition) is 5. The van der Waals surface area contributed by atoms with E-state index >= 15 is 0 Å². The van der Waals surface area contributed by atoms with Gasteiger partial charge in [-0.15, -0.1) is 0 Å². The van der Waals surface area contributed by atoms with E-state index in [0.717, 1.165) is 4.68 Å². The third kappa shape index (κ3) is 3.32. The lowest BCUT2D eigenvalue weighted by molar-refractivity contribution is -0.122. The van der Waals surface area contributed by atoms with Crippen LogP contribution in [0.15, 0.2) is 33.9 Å². The summed E-state index contributed by atoms with van der Waals surface area (Å²) in [6.07, 6.45) is -0.824. The molecule has 2 aromatic rings. The Kier molecular flexibility index (Phi) is 4.57. The largest absolute Gasteiger partial charge is 0.449 e. The number of aromatic amines is 1. The molecule has 1 aromatic carbocycles. The molecule has 0 saturated carbocycles. The van der Waals surface area contributed by atoms with Crippen LogP contribution in [-0.4, -0.2) is 28.4 Å². The van der Waals surface area contributed by atoms with Gasteiger partial charge in [0.25, 0.3) is 17.0 Å². The number of nitrogens with zero attached hydrogens (tertiary/aromatic N) is 1. The number of carbonyl (C=O) groups excluding carboxylic acids is 2. The molecule has 0 aliphatic rings.